The molecule has 0 atom stereocenters. The molecule has 1 saturated carbocycles. The van der Waals surface area contributed by atoms with Crippen LogP contribution in [0.1, 0.15) is 24.8 Å². The van der Waals surface area contributed by atoms with Gasteiger partial charge in [0.15, 0.2) is 21.4 Å². The lowest BCUT2D eigenvalue weighted by Crippen LogP contribution is -2.22. The van der Waals surface area contributed by atoms with Gasteiger partial charge in [-0.1, -0.05) is 12.1 Å². The fourth-order valence-electron chi connectivity index (χ4n) is 2.45. The number of rotatable bonds is 7. The lowest BCUT2D eigenvalue weighted by molar-refractivity contribution is -0.138. The Labute approximate surface area is 122 Å². The summed E-state index contributed by atoms with van der Waals surface area (Å²) >= 11 is 0. The van der Waals surface area contributed by atoms with Crippen molar-refractivity contribution in [3.63, 3.8) is 0 Å². The van der Waals surface area contributed by atoms with Gasteiger partial charge < -0.3 is 9.84 Å². The first-order valence-electron chi connectivity index (χ1n) is 6.51. The van der Waals surface area contributed by atoms with Crippen LogP contribution in [0.15, 0.2) is 18.2 Å². The summed E-state index contributed by atoms with van der Waals surface area (Å²) in [4.78, 5) is 10.8. The molecule has 0 heterocycles. The number of carboxylic acid groups (broad SMARTS) is 1. The highest BCUT2D eigenvalue weighted by atomic mass is 32.2. The van der Waals surface area contributed by atoms with Gasteiger partial charge in [-0.05, 0) is 24.3 Å². The van der Waals surface area contributed by atoms with Crippen LogP contribution in [0.4, 0.5) is 4.39 Å². The maximum absolute atomic E-state index is 14.0. The van der Waals surface area contributed by atoms with Crippen LogP contribution in [-0.2, 0) is 20.4 Å². The number of carbonyl (C=O) groups is 1. The Kier molecular flexibility index (Phi) is 4.22. The minimum Gasteiger partial charge on any atom is -0.494 e. The molecular weight excluding hydrogens is 299 g/mol. The highest BCUT2D eigenvalue weighted by Gasteiger charge is 2.47. The second-order valence-electron chi connectivity index (χ2n) is 5.54. The van der Waals surface area contributed by atoms with E-state index >= 15 is 0 Å². The summed E-state index contributed by atoms with van der Waals surface area (Å²) in [5.74, 6) is -2.36. The molecule has 0 bridgehead atoms. The first-order valence-corrected chi connectivity index (χ1v) is 8.33. The summed E-state index contributed by atoms with van der Waals surface area (Å²) in [6.07, 6.45) is 1.01. The minimum absolute atomic E-state index is 0.00521. The molecule has 0 unspecified atom stereocenters. The third kappa shape index (κ3) is 3.93. The van der Waals surface area contributed by atoms with Crippen LogP contribution in [0, 0.1) is 11.2 Å². The van der Waals surface area contributed by atoms with Crippen LogP contribution in [-0.4, -0.2) is 32.4 Å². The predicted octanol–water partition coefficient (Wildman–Crippen LogP) is 2.00. The Morgan fingerprint density at radius 1 is 1.43 bits per heavy atom. The highest BCUT2D eigenvalue weighted by Crippen LogP contribution is 2.50. The van der Waals surface area contributed by atoms with Crippen molar-refractivity contribution in [1.29, 1.82) is 0 Å². The Morgan fingerprint density at radius 3 is 2.62 bits per heavy atom. The zero-order valence-corrected chi connectivity index (χ0v) is 12.5. The second-order valence-corrected chi connectivity index (χ2v) is 7.60. The van der Waals surface area contributed by atoms with E-state index < -0.39 is 32.8 Å². The van der Waals surface area contributed by atoms with Crippen molar-refractivity contribution in [2.24, 2.45) is 5.41 Å². The zero-order valence-electron chi connectivity index (χ0n) is 11.6. The van der Waals surface area contributed by atoms with Gasteiger partial charge in [-0.15, -0.1) is 0 Å². The number of hydrogen-bond donors (Lipinski definition) is 1. The smallest absolute Gasteiger partial charge is 0.303 e. The summed E-state index contributed by atoms with van der Waals surface area (Å²) in [5, 5.41) is 8.82. The van der Waals surface area contributed by atoms with Crippen LogP contribution >= 0.6 is 0 Å². The lowest BCUT2D eigenvalue weighted by atomic mass is 10.1. The van der Waals surface area contributed by atoms with Crippen LogP contribution in [0.5, 0.6) is 5.75 Å². The average Bonchev–Trinajstić information content (AvgIpc) is 3.09. The van der Waals surface area contributed by atoms with Gasteiger partial charge in [0.25, 0.3) is 0 Å². The second kappa shape index (κ2) is 5.63. The molecule has 116 valence electrons. The van der Waals surface area contributed by atoms with Gasteiger partial charge in [-0.3, -0.25) is 4.79 Å². The van der Waals surface area contributed by atoms with Crippen molar-refractivity contribution < 1.29 is 27.4 Å². The molecule has 0 amide bonds. The Morgan fingerprint density at radius 2 is 2.10 bits per heavy atom. The quantitative estimate of drug-likeness (QED) is 0.832. The number of sulfone groups is 1. The molecule has 1 aromatic carbocycles. The van der Waals surface area contributed by atoms with Gasteiger partial charge in [0.1, 0.15) is 0 Å². The van der Waals surface area contributed by atoms with E-state index in [4.69, 9.17) is 9.84 Å². The number of aliphatic carboxylic acids is 1. The third-order valence-corrected chi connectivity index (χ3v) is 5.45. The number of methoxy groups -OCH3 is 1. The van der Waals surface area contributed by atoms with Crippen LogP contribution < -0.4 is 4.74 Å². The standard InChI is InChI=1S/C14H17FO5S/c1-20-11-4-2-3-10(13(11)15)8-21(18,19)9-14(5-6-14)7-12(16)17/h2-4H,5-9H2,1H3,(H,16,17). The molecule has 1 aliphatic carbocycles. The number of ether oxygens (including phenoxy) is 1. The van der Waals surface area contributed by atoms with E-state index in [9.17, 15) is 17.6 Å². The topological polar surface area (TPSA) is 80.7 Å². The van der Waals surface area contributed by atoms with Crippen molar-refractivity contribution in [2.45, 2.75) is 25.0 Å². The molecule has 0 aliphatic heterocycles. The largest absolute Gasteiger partial charge is 0.494 e. The molecule has 1 aromatic rings. The molecule has 7 heteroatoms. The lowest BCUT2D eigenvalue weighted by Gasteiger charge is -2.13. The summed E-state index contributed by atoms with van der Waals surface area (Å²) in [7, 11) is -2.27. The van der Waals surface area contributed by atoms with E-state index in [-0.39, 0.29) is 23.5 Å². The molecule has 2 rings (SSSR count). The number of benzene rings is 1. The number of carboxylic acids is 1. The summed E-state index contributed by atoms with van der Waals surface area (Å²) in [5.41, 5.74) is -0.625. The summed E-state index contributed by atoms with van der Waals surface area (Å²) in [6.45, 7) is 0. The molecule has 0 saturated heterocycles. The molecule has 1 fully saturated rings. The average molecular weight is 316 g/mol. The van der Waals surface area contributed by atoms with Crippen molar-refractivity contribution >= 4 is 15.8 Å². The van der Waals surface area contributed by atoms with Crippen LogP contribution in [0.25, 0.3) is 0 Å². The van der Waals surface area contributed by atoms with Crippen LogP contribution in [0.3, 0.4) is 0 Å². The van der Waals surface area contributed by atoms with Crippen molar-refractivity contribution in [2.75, 3.05) is 12.9 Å². The van der Waals surface area contributed by atoms with Gasteiger partial charge in [0.2, 0.25) is 0 Å². The molecule has 5 nitrogen and oxygen atoms in total. The fraction of sp³-hybridized carbons (Fsp3) is 0.500. The predicted molar refractivity (Wildman–Crippen MR) is 74.4 cm³/mol. The number of hydrogen-bond acceptors (Lipinski definition) is 4. The third-order valence-electron chi connectivity index (χ3n) is 3.65. The fourth-order valence-corrected chi connectivity index (χ4v) is 4.57. The maximum atomic E-state index is 14.0. The van der Waals surface area contributed by atoms with Gasteiger partial charge in [0, 0.05) is 5.56 Å². The van der Waals surface area contributed by atoms with Crippen molar-refractivity contribution in [1.82, 2.24) is 0 Å². The van der Waals surface area contributed by atoms with E-state index in [0.717, 1.165) is 0 Å². The minimum atomic E-state index is -3.58. The molecule has 0 spiro atoms. The monoisotopic (exact) mass is 316 g/mol. The van der Waals surface area contributed by atoms with E-state index in [1.165, 1.54) is 25.3 Å². The zero-order chi connectivity index (χ0) is 15.7. The summed E-state index contributed by atoms with van der Waals surface area (Å²) < 4.78 is 43.2. The first-order chi connectivity index (χ1) is 9.77. The van der Waals surface area contributed by atoms with Crippen LogP contribution in [0.2, 0.25) is 0 Å². The first kappa shape index (κ1) is 15.8. The van der Waals surface area contributed by atoms with Gasteiger partial charge in [0.05, 0.1) is 25.0 Å². The Hall–Kier alpha value is -1.63. The van der Waals surface area contributed by atoms with Gasteiger partial charge in [-0.25, -0.2) is 12.8 Å². The number of halogens is 1. The molecule has 0 aromatic heterocycles. The van der Waals surface area contributed by atoms with E-state index in [2.05, 4.69) is 0 Å². The van der Waals surface area contributed by atoms with E-state index in [1.807, 2.05) is 0 Å². The molecule has 1 aliphatic rings. The normalized spacial score (nSPS) is 16.5. The van der Waals surface area contributed by atoms with E-state index in [1.54, 1.807) is 0 Å². The van der Waals surface area contributed by atoms with Crippen molar-refractivity contribution in [3.8, 4) is 5.75 Å². The Bertz CT molecular complexity index is 649. The van der Waals surface area contributed by atoms with Gasteiger partial charge >= 0.3 is 5.97 Å². The van der Waals surface area contributed by atoms with Gasteiger partial charge in [-0.2, -0.15) is 0 Å². The molecule has 21 heavy (non-hydrogen) atoms. The molecule has 0 radical (unpaired) electrons. The SMILES string of the molecule is COc1cccc(CS(=O)(=O)CC2(CC(=O)O)CC2)c1F. The maximum Gasteiger partial charge on any atom is 0.303 e. The Balaban J connectivity index is 2.13. The molecule has 1 N–H and O–H groups in total. The summed E-state index contributed by atoms with van der Waals surface area (Å²) in [6, 6.07) is 4.33. The van der Waals surface area contributed by atoms with E-state index in [0.29, 0.717) is 12.8 Å². The molecular formula is C14H17FO5S. The highest BCUT2D eigenvalue weighted by molar-refractivity contribution is 7.90. The van der Waals surface area contributed by atoms with Crippen molar-refractivity contribution in [3.05, 3.63) is 29.6 Å².